The number of anilines is 2. The van der Waals surface area contributed by atoms with Crippen LogP contribution in [0.15, 0.2) is 12.1 Å². The summed E-state index contributed by atoms with van der Waals surface area (Å²) in [5.74, 6) is 0. The van der Waals surface area contributed by atoms with Crippen LogP contribution in [0.5, 0.6) is 0 Å². The number of hydrogen-bond acceptors (Lipinski definition) is 2. The van der Waals surface area contributed by atoms with Crippen molar-refractivity contribution in [2.75, 3.05) is 11.1 Å². The number of hydrogen-bond donors (Lipinski definition) is 3. The Bertz CT molecular complexity index is 347. The lowest BCUT2D eigenvalue weighted by Crippen LogP contribution is -2.21. The molecule has 0 spiro atoms. The van der Waals surface area contributed by atoms with Crippen LogP contribution in [0.1, 0.15) is 11.1 Å². The molecule has 1 rings (SSSR count). The van der Waals surface area contributed by atoms with E-state index in [2.05, 4.69) is 5.32 Å². The second-order valence-corrected chi connectivity index (χ2v) is 2.96. The van der Waals surface area contributed by atoms with Crippen LogP contribution in [0.25, 0.3) is 0 Å². The highest BCUT2D eigenvalue weighted by Gasteiger charge is 2.06. The van der Waals surface area contributed by atoms with Crippen molar-refractivity contribution in [3.8, 4) is 0 Å². The molecular formula is C9H13N3O. The number of benzene rings is 1. The van der Waals surface area contributed by atoms with Crippen LogP contribution in [-0.4, -0.2) is 6.03 Å². The number of nitrogens with one attached hydrogen (secondary N) is 1. The van der Waals surface area contributed by atoms with Crippen molar-refractivity contribution in [2.24, 2.45) is 5.73 Å². The largest absolute Gasteiger partial charge is 0.397 e. The van der Waals surface area contributed by atoms with E-state index >= 15 is 0 Å². The molecule has 0 saturated carbocycles. The fraction of sp³-hybridized carbons (Fsp3) is 0.222. The maximum absolute atomic E-state index is 10.6. The monoisotopic (exact) mass is 179 g/mol. The molecule has 1 aromatic rings. The molecular weight excluding hydrogens is 166 g/mol. The molecule has 0 aliphatic rings. The van der Waals surface area contributed by atoms with Gasteiger partial charge in [-0.15, -0.1) is 0 Å². The molecule has 0 aliphatic carbocycles. The molecule has 0 aliphatic heterocycles. The first-order valence-electron chi connectivity index (χ1n) is 3.94. The summed E-state index contributed by atoms with van der Waals surface area (Å²) in [6.45, 7) is 3.83. The lowest BCUT2D eigenvalue weighted by molar-refractivity contribution is 0.259. The van der Waals surface area contributed by atoms with Crippen LogP contribution >= 0.6 is 0 Å². The zero-order valence-corrected chi connectivity index (χ0v) is 7.72. The molecule has 0 unspecified atom stereocenters. The van der Waals surface area contributed by atoms with Gasteiger partial charge in [-0.05, 0) is 31.0 Å². The highest BCUT2D eigenvalue weighted by Crippen LogP contribution is 2.25. The molecule has 2 amide bonds. The number of nitrogen functional groups attached to an aromatic ring is 1. The number of aryl methyl sites for hydroxylation is 1. The first kappa shape index (κ1) is 9.38. The molecule has 1 aromatic carbocycles. The van der Waals surface area contributed by atoms with E-state index in [0.717, 1.165) is 11.1 Å². The Balaban J connectivity index is 3.17. The van der Waals surface area contributed by atoms with E-state index in [0.29, 0.717) is 11.4 Å². The predicted molar refractivity (Wildman–Crippen MR) is 53.5 cm³/mol. The second-order valence-electron chi connectivity index (χ2n) is 2.96. The molecule has 13 heavy (non-hydrogen) atoms. The predicted octanol–water partition coefficient (Wildman–Crippen LogP) is 1.38. The van der Waals surface area contributed by atoms with Crippen molar-refractivity contribution in [3.63, 3.8) is 0 Å². The third-order valence-electron chi connectivity index (χ3n) is 2.02. The summed E-state index contributed by atoms with van der Waals surface area (Å²) in [6.07, 6.45) is 0. The highest BCUT2D eigenvalue weighted by molar-refractivity contribution is 5.92. The molecule has 0 aromatic heterocycles. The van der Waals surface area contributed by atoms with Gasteiger partial charge in [0.05, 0.1) is 11.4 Å². The van der Waals surface area contributed by atoms with Gasteiger partial charge in [0.15, 0.2) is 0 Å². The molecule has 4 heteroatoms. The molecule has 0 radical (unpaired) electrons. The summed E-state index contributed by atoms with van der Waals surface area (Å²) in [5.41, 5.74) is 13.8. The number of carbonyl (C=O) groups is 1. The van der Waals surface area contributed by atoms with Crippen LogP contribution in [0, 0.1) is 13.8 Å². The topological polar surface area (TPSA) is 81.1 Å². The van der Waals surface area contributed by atoms with Gasteiger partial charge in [0.1, 0.15) is 0 Å². The van der Waals surface area contributed by atoms with Gasteiger partial charge >= 0.3 is 6.03 Å². The molecule has 4 nitrogen and oxygen atoms in total. The van der Waals surface area contributed by atoms with Crippen molar-refractivity contribution in [3.05, 3.63) is 23.3 Å². The normalized spacial score (nSPS) is 9.69. The highest BCUT2D eigenvalue weighted by atomic mass is 16.2. The van der Waals surface area contributed by atoms with Crippen molar-refractivity contribution in [1.82, 2.24) is 0 Å². The van der Waals surface area contributed by atoms with Gasteiger partial charge in [-0.3, -0.25) is 0 Å². The van der Waals surface area contributed by atoms with E-state index in [4.69, 9.17) is 11.5 Å². The standard InChI is InChI=1S/C9H13N3O/c1-5-3-4-7(10)8(6(5)2)12-9(11)13/h3-4H,10H2,1-2H3,(H3,11,12,13). The third-order valence-corrected chi connectivity index (χ3v) is 2.02. The van der Waals surface area contributed by atoms with E-state index in [1.165, 1.54) is 0 Å². The van der Waals surface area contributed by atoms with Crippen LogP contribution in [-0.2, 0) is 0 Å². The third kappa shape index (κ3) is 1.90. The van der Waals surface area contributed by atoms with Crippen molar-refractivity contribution >= 4 is 17.4 Å². The fourth-order valence-electron chi connectivity index (χ4n) is 1.13. The van der Waals surface area contributed by atoms with Crippen molar-refractivity contribution in [2.45, 2.75) is 13.8 Å². The van der Waals surface area contributed by atoms with Gasteiger partial charge < -0.3 is 16.8 Å². The lowest BCUT2D eigenvalue weighted by atomic mass is 10.1. The van der Waals surface area contributed by atoms with E-state index in [1.54, 1.807) is 6.07 Å². The van der Waals surface area contributed by atoms with Crippen LogP contribution in [0.3, 0.4) is 0 Å². The zero-order valence-electron chi connectivity index (χ0n) is 7.72. The molecule has 70 valence electrons. The Hall–Kier alpha value is -1.71. The van der Waals surface area contributed by atoms with Gasteiger partial charge in [0.25, 0.3) is 0 Å². The fourth-order valence-corrected chi connectivity index (χ4v) is 1.13. The van der Waals surface area contributed by atoms with Gasteiger partial charge in [-0.1, -0.05) is 6.07 Å². The first-order chi connectivity index (χ1) is 6.02. The molecule has 5 N–H and O–H groups in total. The van der Waals surface area contributed by atoms with Crippen LogP contribution in [0.4, 0.5) is 16.2 Å². The second kappa shape index (κ2) is 3.35. The number of amides is 2. The minimum Gasteiger partial charge on any atom is -0.397 e. The molecule has 0 bridgehead atoms. The summed E-state index contributed by atoms with van der Waals surface area (Å²) in [4.78, 5) is 10.6. The van der Waals surface area contributed by atoms with E-state index < -0.39 is 6.03 Å². The first-order valence-corrected chi connectivity index (χ1v) is 3.94. The Morgan fingerprint density at radius 2 is 2.00 bits per heavy atom. The summed E-state index contributed by atoms with van der Waals surface area (Å²) >= 11 is 0. The molecule has 0 atom stereocenters. The lowest BCUT2D eigenvalue weighted by Gasteiger charge is -2.11. The van der Waals surface area contributed by atoms with Gasteiger partial charge in [-0.25, -0.2) is 4.79 Å². The van der Waals surface area contributed by atoms with Gasteiger partial charge in [0.2, 0.25) is 0 Å². The van der Waals surface area contributed by atoms with E-state index in [9.17, 15) is 4.79 Å². The van der Waals surface area contributed by atoms with E-state index in [1.807, 2.05) is 19.9 Å². The maximum Gasteiger partial charge on any atom is 0.316 e. The summed E-state index contributed by atoms with van der Waals surface area (Å²) < 4.78 is 0. The minimum absolute atomic E-state index is 0.530. The summed E-state index contributed by atoms with van der Waals surface area (Å²) in [5, 5.41) is 2.50. The van der Waals surface area contributed by atoms with Gasteiger partial charge in [-0.2, -0.15) is 0 Å². The van der Waals surface area contributed by atoms with Gasteiger partial charge in [0, 0.05) is 0 Å². The Morgan fingerprint density at radius 3 is 2.54 bits per heavy atom. The number of primary amides is 1. The number of rotatable bonds is 1. The smallest absolute Gasteiger partial charge is 0.316 e. The number of carbonyl (C=O) groups excluding carboxylic acids is 1. The van der Waals surface area contributed by atoms with Crippen LogP contribution in [0.2, 0.25) is 0 Å². The quantitative estimate of drug-likeness (QED) is 0.569. The number of urea groups is 1. The Kier molecular flexibility index (Phi) is 2.41. The summed E-state index contributed by atoms with van der Waals surface area (Å²) in [7, 11) is 0. The Morgan fingerprint density at radius 1 is 1.38 bits per heavy atom. The van der Waals surface area contributed by atoms with E-state index in [-0.39, 0.29) is 0 Å². The molecule has 0 fully saturated rings. The average molecular weight is 179 g/mol. The maximum atomic E-state index is 10.6. The van der Waals surface area contributed by atoms with Crippen LogP contribution < -0.4 is 16.8 Å². The molecule has 0 heterocycles. The molecule has 0 saturated heterocycles. The van der Waals surface area contributed by atoms with Crippen molar-refractivity contribution in [1.29, 1.82) is 0 Å². The SMILES string of the molecule is Cc1ccc(N)c(NC(N)=O)c1C. The zero-order chi connectivity index (χ0) is 10.0. The van der Waals surface area contributed by atoms with Crippen molar-refractivity contribution < 1.29 is 4.79 Å². The summed E-state index contributed by atoms with van der Waals surface area (Å²) in [6, 6.07) is 3.05. The Labute approximate surface area is 76.9 Å². The average Bonchev–Trinajstić information content (AvgIpc) is 2.05. The minimum atomic E-state index is -0.597. The number of nitrogens with two attached hydrogens (primary N) is 2.